The standard InChI is InChI=1S/C19H27NO2/c1-13(2)22-18-7-5-6-15(8-18)19-10-16(9-17(21)11-19)20(4)12-14(19)3/h5-8,13-14,16H,9-12H2,1-4H3/t14-,16+,19-/m1/s1. The minimum Gasteiger partial charge on any atom is -0.491 e. The van der Waals surface area contributed by atoms with E-state index in [1.165, 1.54) is 5.56 Å². The van der Waals surface area contributed by atoms with Crippen molar-refractivity contribution in [1.29, 1.82) is 0 Å². The lowest BCUT2D eigenvalue weighted by molar-refractivity contribution is -0.127. The zero-order chi connectivity index (χ0) is 15.9. The maximum Gasteiger partial charge on any atom is 0.135 e. The smallest absolute Gasteiger partial charge is 0.135 e. The lowest BCUT2D eigenvalue weighted by Crippen LogP contribution is -2.57. The van der Waals surface area contributed by atoms with Gasteiger partial charge in [0.1, 0.15) is 11.5 Å². The third-order valence-electron chi connectivity index (χ3n) is 5.49. The second-order valence-electron chi connectivity index (χ2n) is 7.47. The van der Waals surface area contributed by atoms with E-state index in [4.69, 9.17) is 4.74 Å². The van der Waals surface area contributed by atoms with Crippen LogP contribution in [0.15, 0.2) is 24.3 Å². The highest BCUT2D eigenvalue weighted by molar-refractivity contribution is 5.82. The number of nitrogens with zero attached hydrogens (tertiary/aromatic N) is 1. The molecule has 1 aromatic rings. The van der Waals surface area contributed by atoms with Crippen LogP contribution in [0.25, 0.3) is 0 Å². The first-order valence-electron chi connectivity index (χ1n) is 8.40. The summed E-state index contributed by atoms with van der Waals surface area (Å²) in [5, 5.41) is 0. The number of likely N-dealkylation sites (tertiary alicyclic amines) is 1. The van der Waals surface area contributed by atoms with Crippen molar-refractivity contribution in [3.8, 4) is 5.75 Å². The number of ketones is 1. The molecule has 0 amide bonds. The molecule has 2 aliphatic rings. The highest BCUT2D eigenvalue weighted by Crippen LogP contribution is 2.49. The summed E-state index contributed by atoms with van der Waals surface area (Å²) in [4.78, 5) is 14.7. The van der Waals surface area contributed by atoms with Crippen LogP contribution in [0.4, 0.5) is 0 Å². The molecule has 1 saturated heterocycles. The minimum absolute atomic E-state index is 0.0111. The lowest BCUT2D eigenvalue weighted by atomic mass is 9.58. The number of ether oxygens (including phenoxy) is 1. The van der Waals surface area contributed by atoms with Crippen LogP contribution in [0.2, 0.25) is 0 Å². The third kappa shape index (κ3) is 2.67. The maximum absolute atomic E-state index is 12.4. The van der Waals surface area contributed by atoms with Crippen molar-refractivity contribution in [3.05, 3.63) is 29.8 Å². The van der Waals surface area contributed by atoms with Gasteiger partial charge in [-0.25, -0.2) is 0 Å². The van der Waals surface area contributed by atoms with Gasteiger partial charge < -0.3 is 9.64 Å². The summed E-state index contributed by atoms with van der Waals surface area (Å²) in [5.41, 5.74) is 1.27. The van der Waals surface area contributed by atoms with Crippen LogP contribution in [0.5, 0.6) is 5.75 Å². The summed E-state index contributed by atoms with van der Waals surface area (Å²) in [5.74, 6) is 1.81. The number of Topliss-reactive ketones (excluding diaryl/α,β-unsaturated/α-hetero) is 1. The highest BCUT2D eigenvalue weighted by Gasteiger charge is 2.49. The number of hydrogen-bond acceptors (Lipinski definition) is 3. The van der Waals surface area contributed by atoms with Gasteiger partial charge in [-0.15, -0.1) is 0 Å². The number of carbonyl (C=O) groups excluding carboxylic acids is 1. The summed E-state index contributed by atoms with van der Waals surface area (Å²) in [6, 6.07) is 8.83. The van der Waals surface area contributed by atoms with Crippen LogP contribution in [-0.2, 0) is 10.2 Å². The molecule has 0 unspecified atom stereocenters. The van der Waals surface area contributed by atoms with Gasteiger partial charge in [0.2, 0.25) is 0 Å². The molecule has 120 valence electrons. The molecule has 1 aliphatic carbocycles. The zero-order valence-corrected chi connectivity index (χ0v) is 14.1. The van der Waals surface area contributed by atoms with E-state index in [1.807, 2.05) is 19.9 Å². The first-order valence-corrected chi connectivity index (χ1v) is 8.40. The van der Waals surface area contributed by atoms with Gasteiger partial charge in [0.25, 0.3) is 0 Å². The van der Waals surface area contributed by atoms with E-state index < -0.39 is 0 Å². The van der Waals surface area contributed by atoms with E-state index >= 15 is 0 Å². The van der Waals surface area contributed by atoms with Crippen LogP contribution in [-0.4, -0.2) is 36.4 Å². The Kier molecular flexibility index (Phi) is 4.02. The Hall–Kier alpha value is -1.35. The molecule has 2 fully saturated rings. The Morgan fingerprint density at radius 1 is 1.36 bits per heavy atom. The Bertz CT molecular complexity index is 568. The fourth-order valence-corrected chi connectivity index (χ4v) is 4.35. The van der Waals surface area contributed by atoms with Crippen molar-refractivity contribution >= 4 is 5.78 Å². The normalized spacial score (nSPS) is 32.3. The summed E-state index contributed by atoms with van der Waals surface area (Å²) in [6.07, 6.45) is 2.65. The van der Waals surface area contributed by atoms with Gasteiger partial charge in [0.05, 0.1) is 6.10 Å². The summed E-state index contributed by atoms with van der Waals surface area (Å²) >= 11 is 0. The van der Waals surface area contributed by atoms with Gasteiger partial charge >= 0.3 is 0 Å². The van der Waals surface area contributed by atoms with Gasteiger partial charge in [-0.1, -0.05) is 19.1 Å². The average molecular weight is 301 g/mol. The number of benzene rings is 1. The van der Waals surface area contributed by atoms with Crippen LogP contribution in [0, 0.1) is 5.92 Å². The molecule has 3 nitrogen and oxygen atoms in total. The molecular formula is C19H27NO2. The molecule has 0 spiro atoms. The fourth-order valence-electron chi connectivity index (χ4n) is 4.35. The molecule has 22 heavy (non-hydrogen) atoms. The van der Waals surface area contributed by atoms with E-state index in [-0.39, 0.29) is 11.5 Å². The first kappa shape index (κ1) is 15.5. The maximum atomic E-state index is 12.4. The second-order valence-corrected chi connectivity index (χ2v) is 7.47. The molecule has 0 N–H and O–H groups in total. The molecular weight excluding hydrogens is 274 g/mol. The Balaban J connectivity index is 1.98. The second kappa shape index (κ2) is 5.69. The molecule has 2 bridgehead atoms. The summed E-state index contributed by atoms with van der Waals surface area (Å²) in [6.45, 7) is 7.45. The number of rotatable bonds is 3. The minimum atomic E-state index is -0.0111. The van der Waals surface area contributed by atoms with Gasteiger partial charge in [0, 0.05) is 30.8 Å². The van der Waals surface area contributed by atoms with E-state index in [2.05, 4.69) is 37.1 Å². The third-order valence-corrected chi connectivity index (χ3v) is 5.49. The predicted molar refractivity (Wildman–Crippen MR) is 88.3 cm³/mol. The van der Waals surface area contributed by atoms with Crippen molar-refractivity contribution in [3.63, 3.8) is 0 Å². The van der Waals surface area contributed by atoms with Crippen molar-refractivity contribution in [2.75, 3.05) is 13.6 Å². The van der Waals surface area contributed by atoms with Crippen molar-refractivity contribution < 1.29 is 9.53 Å². The van der Waals surface area contributed by atoms with Gasteiger partial charge in [-0.05, 0) is 50.9 Å². The van der Waals surface area contributed by atoms with E-state index in [1.54, 1.807) is 0 Å². The molecule has 0 radical (unpaired) electrons. The fraction of sp³-hybridized carbons (Fsp3) is 0.632. The zero-order valence-electron chi connectivity index (χ0n) is 14.1. The SMILES string of the molecule is CC(C)Oc1cccc([C@@]23CC(=O)C[C@@H](C2)N(C)C[C@H]3C)c1. The molecule has 0 aromatic heterocycles. The van der Waals surface area contributed by atoms with Gasteiger partial charge in [-0.2, -0.15) is 0 Å². The van der Waals surface area contributed by atoms with E-state index in [0.29, 0.717) is 30.6 Å². The molecule has 1 heterocycles. The molecule has 3 heteroatoms. The Morgan fingerprint density at radius 2 is 2.14 bits per heavy atom. The lowest BCUT2D eigenvalue weighted by Gasteiger charge is -2.53. The van der Waals surface area contributed by atoms with Gasteiger partial charge in [-0.3, -0.25) is 4.79 Å². The topological polar surface area (TPSA) is 29.5 Å². The first-order chi connectivity index (χ1) is 10.4. The quantitative estimate of drug-likeness (QED) is 0.857. The number of carbonyl (C=O) groups is 1. The van der Waals surface area contributed by atoms with Crippen LogP contribution >= 0.6 is 0 Å². The van der Waals surface area contributed by atoms with Gasteiger partial charge in [0.15, 0.2) is 0 Å². The van der Waals surface area contributed by atoms with E-state index in [0.717, 1.165) is 18.7 Å². The van der Waals surface area contributed by atoms with Crippen LogP contribution in [0.1, 0.15) is 45.6 Å². The summed E-state index contributed by atoms with van der Waals surface area (Å²) in [7, 11) is 2.15. The van der Waals surface area contributed by atoms with Crippen molar-refractivity contribution in [1.82, 2.24) is 4.90 Å². The van der Waals surface area contributed by atoms with Crippen LogP contribution in [0.3, 0.4) is 0 Å². The molecule has 3 atom stereocenters. The van der Waals surface area contributed by atoms with E-state index in [9.17, 15) is 4.79 Å². The molecule has 1 aromatic carbocycles. The number of piperidine rings is 1. The average Bonchev–Trinajstić information content (AvgIpc) is 2.44. The Morgan fingerprint density at radius 3 is 2.86 bits per heavy atom. The highest BCUT2D eigenvalue weighted by atomic mass is 16.5. The van der Waals surface area contributed by atoms with Crippen molar-refractivity contribution in [2.24, 2.45) is 5.92 Å². The number of fused-ring (bicyclic) bond motifs is 2. The largest absolute Gasteiger partial charge is 0.491 e. The summed E-state index contributed by atoms with van der Waals surface area (Å²) < 4.78 is 5.87. The number of hydrogen-bond donors (Lipinski definition) is 0. The van der Waals surface area contributed by atoms with Crippen molar-refractivity contribution in [2.45, 2.75) is 57.6 Å². The Labute approximate surface area is 133 Å². The molecule has 1 saturated carbocycles. The molecule has 3 rings (SSSR count). The van der Waals surface area contributed by atoms with Crippen LogP contribution < -0.4 is 4.74 Å². The predicted octanol–water partition coefficient (Wildman–Crippen LogP) is 3.41. The monoisotopic (exact) mass is 301 g/mol. The molecule has 1 aliphatic heterocycles.